The first-order chi connectivity index (χ1) is 18.5. The fourth-order valence-electron chi connectivity index (χ4n) is 4.13. The van der Waals surface area contributed by atoms with E-state index in [4.69, 9.17) is 14.2 Å². The lowest BCUT2D eigenvalue weighted by Gasteiger charge is -2.20. The summed E-state index contributed by atoms with van der Waals surface area (Å²) in [6.45, 7) is 1.69. The number of amides is 1. The Labute approximate surface area is 217 Å². The number of fused-ring (bicyclic) bond motifs is 1. The minimum Gasteiger partial charge on any atom is -0.459 e. The number of rotatable bonds is 8. The first kappa shape index (κ1) is 25.0. The molecule has 1 saturated heterocycles. The molecule has 2 aromatic carbocycles. The van der Waals surface area contributed by atoms with Crippen molar-refractivity contribution in [2.45, 2.75) is 38.2 Å². The van der Waals surface area contributed by atoms with Gasteiger partial charge in [-0.05, 0) is 24.3 Å². The molecule has 1 amide bonds. The van der Waals surface area contributed by atoms with E-state index in [1.54, 1.807) is 60.0 Å². The molecule has 11 nitrogen and oxygen atoms in total. The second-order valence-electron chi connectivity index (χ2n) is 8.61. The van der Waals surface area contributed by atoms with Crippen LogP contribution in [0.5, 0.6) is 0 Å². The van der Waals surface area contributed by atoms with Crippen LogP contribution in [0.25, 0.3) is 11.2 Å². The maximum Gasteiger partial charge on any atom is 0.338 e. The van der Waals surface area contributed by atoms with E-state index in [9.17, 15) is 14.4 Å². The van der Waals surface area contributed by atoms with Crippen molar-refractivity contribution in [2.24, 2.45) is 0 Å². The number of hydrogen-bond acceptors (Lipinski definition) is 9. The Morgan fingerprint density at radius 1 is 0.974 bits per heavy atom. The minimum absolute atomic E-state index is 0.0387. The highest BCUT2D eigenvalue weighted by Gasteiger charge is 2.41. The van der Waals surface area contributed by atoms with Gasteiger partial charge in [-0.25, -0.2) is 24.5 Å². The molecule has 1 N–H and O–H groups in total. The van der Waals surface area contributed by atoms with Gasteiger partial charge in [0.1, 0.15) is 19.0 Å². The van der Waals surface area contributed by atoms with E-state index in [0.29, 0.717) is 22.3 Å². The molecule has 11 heteroatoms. The van der Waals surface area contributed by atoms with Crippen molar-refractivity contribution in [1.82, 2.24) is 19.5 Å². The van der Waals surface area contributed by atoms with Gasteiger partial charge in [0, 0.05) is 12.8 Å². The molecule has 0 spiro atoms. The van der Waals surface area contributed by atoms with E-state index in [1.165, 1.54) is 12.7 Å². The van der Waals surface area contributed by atoms with Crippen LogP contribution in [-0.4, -0.2) is 56.2 Å². The number of esters is 2. The van der Waals surface area contributed by atoms with Crippen LogP contribution >= 0.6 is 0 Å². The number of carbonyl (C=O) groups excluding carboxylic acids is 3. The van der Waals surface area contributed by atoms with E-state index >= 15 is 0 Å². The normalized spacial score (nSPS) is 18.7. The summed E-state index contributed by atoms with van der Waals surface area (Å²) in [4.78, 5) is 50.1. The maximum absolute atomic E-state index is 12.9. The average Bonchev–Trinajstić information content (AvgIpc) is 3.57. The molecule has 1 aliphatic rings. The number of aromatic nitrogens is 4. The van der Waals surface area contributed by atoms with Crippen molar-refractivity contribution in [2.75, 3.05) is 11.9 Å². The molecule has 3 unspecified atom stereocenters. The largest absolute Gasteiger partial charge is 0.459 e. The van der Waals surface area contributed by atoms with Crippen LogP contribution in [0.2, 0.25) is 0 Å². The Balaban J connectivity index is 1.39. The molecule has 1 fully saturated rings. The molecule has 0 saturated carbocycles. The lowest BCUT2D eigenvalue weighted by molar-refractivity contribution is -0.115. The molecule has 1 aliphatic heterocycles. The average molecular weight is 516 g/mol. The van der Waals surface area contributed by atoms with Gasteiger partial charge in [-0.2, -0.15) is 0 Å². The molecular formula is C27H25N5O6. The van der Waals surface area contributed by atoms with Crippen LogP contribution in [-0.2, 0) is 19.0 Å². The monoisotopic (exact) mass is 515 g/mol. The molecule has 4 aromatic rings. The number of hydrogen-bond donors (Lipinski definition) is 1. The fourth-order valence-corrected chi connectivity index (χ4v) is 4.13. The van der Waals surface area contributed by atoms with Crippen molar-refractivity contribution in [3.05, 3.63) is 84.4 Å². The van der Waals surface area contributed by atoms with Crippen LogP contribution < -0.4 is 5.32 Å². The number of nitrogens with one attached hydrogen (secondary N) is 1. The third-order valence-corrected chi connectivity index (χ3v) is 6.03. The zero-order valence-corrected chi connectivity index (χ0v) is 20.5. The second-order valence-corrected chi connectivity index (χ2v) is 8.61. The van der Waals surface area contributed by atoms with E-state index in [1.807, 2.05) is 12.1 Å². The van der Waals surface area contributed by atoms with Crippen LogP contribution in [0.4, 0.5) is 5.82 Å². The predicted molar refractivity (Wildman–Crippen MR) is 135 cm³/mol. The zero-order chi connectivity index (χ0) is 26.5. The highest BCUT2D eigenvalue weighted by molar-refractivity contribution is 5.96. The van der Waals surface area contributed by atoms with Gasteiger partial charge in [-0.1, -0.05) is 43.3 Å². The number of anilines is 1. The summed E-state index contributed by atoms with van der Waals surface area (Å²) in [5.41, 5.74) is 1.57. The van der Waals surface area contributed by atoms with Crippen LogP contribution in [0.3, 0.4) is 0 Å². The number of imidazole rings is 1. The molecule has 0 aliphatic carbocycles. The second kappa shape index (κ2) is 11.2. The summed E-state index contributed by atoms with van der Waals surface area (Å²) in [7, 11) is 0. The van der Waals surface area contributed by atoms with Crippen molar-refractivity contribution in [3.63, 3.8) is 0 Å². The van der Waals surface area contributed by atoms with Crippen molar-refractivity contribution in [3.8, 4) is 0 Å². The summed E-state index contributed by atoms with van der Waals surface area (Å²) in [6.07, 6.45) is 1.26. The van der Waals surface area contributed by atoms with Gasteiger partial charge in [0.15, 0.2) is 23.2 Å². The fraction of sp³-hybridized carbons (Fsp3) is 0.259. The molecule has 38 heavy (non-hydrogen) atoms. The molecule has 5 rings (SSSR count). The van der Waals surface area contributed by atoms with Crippen molar-refractivity contribution in [1.29, 1.82) is 0 Å². The van der Waals surface area contributed by atoms with Crippen molar-refractivity contribution >= 4 is 34.8 Å². The summed E-state index contributed by atoms with van der Waals surface area (Å²) in [5.74, 6) is -0.940. The van der Waals surface area contributed by atoms with Gasteiger partial charge >= 0.3 is 11.9 Å². The van der Waals surface area contributed by atoms with Gasteiger partial charge in [0.2, 0.25) is 5.91 Å². The highest BCUT2D eigenvalue weighted by Crippen LogP contribution is 2.34. The summed E-state index contributed by atoms with van der Waals surface area (Å²) in [5, 5.41) is 2.71. The van der Waals surface area contributed by atoms with Gasteiger partial charge in [0.05, 0.1) is 23.6 Å². The first-order valence-corrected chi connectivity index (χ1v) is 12.1. The van der Waals surface area contributed by atoms with Gasteiger partial charge in [0.25, 0.3) is 0 Å². The number of benzene rings is 2. The molecular weight excluding hydrogens is 490 g/mol. The van der Waals surface area contributed by atoms with E-state index in [2.05, 4.69) is 20.3 Å². The quantitative estimate of drug-likeness (QED) is 0.350. The third-order valence-electron chi connectivity index (χ3n) is 6.03. The highest BCUT2D eigenvalue weighted by atomic mass is 16.6. The van der Waals surface area contributed by atoms with E-state index in [0.717, 1.165) is 0 Å². The predicted octanol–water partition coefficient (Wildman–Crippen LogP) is 3.54. The van der Waals surface area contributed by atoms with Crippen molar-refractivity contribution < 1.29 is 28.6 Å². The van der Waals surface area contributed by atoms with Crippen LogP contribution in [0.1, 0.15) is 46.7 Å². The number of ether oxygens (including phenoxy) is 3. The maximum atomic E-state index is 12.9. The molecule has 3 atom stereocenters. The molecule has 0 bridgehead atoms. The van der Waals surface area contributed by atoms with E-state index in [-0.39, 0.29) is 31.2 Å². The topological polar surface area (TPSA) is 135 Å². The summed E-state index contributed by atoms with van der Waals surface area (Å²) >= 11 is 0. The third kappa shape index (κ3) is 5.37. The van der Waals surface area contributed by atoms with Crippen LogP contribution in [0.15, 0.2) is 73.3 Å². The van der Waals surface area contributed by atoms with Gasteiger partial charge in [-0.15, -0.1) is 0 Å². The smallest absolute Gasteiger partial charge is 0.338 e. The Kier molecular flexibility index (Phi) is 7.36. The molecule has 2 aromatic heterocycles. The van der Waals surface area contributed by atoms with Crippen LogP contribution in [0, 0.1) is 0 Å². The molecule has 194 valence electrons. The lowest BCUT2D eigenvalue weighted by Crippen LogP contribution is -2.25. The lowest BCUT2D eigenvalue weighted by atomic mass is 10.2. The zero-order valence-electron chi connectivity index (χ0n) is 20.5. The summed E-state index contributed by atoms with van der Waals surface area (Å²) < 4.78 is 19.2. The standard InChI is InChI=1S/C27H25N5O6/c1-2-21(33)31-23-22-24(29-15-28-23)32(16-30-22)25-20(38-27(35)18-11-7-4-8-12-18)13-19(37-25)14-36-26(34)17-9-5-3-6-10-17/h3-12,15-16,19-20,25H,2,13-14H2,1H3,(H,28,29,31,33). The summed E-state index contributed by atoms with van der Waals surface area (Å²) in [6, 6.07) is 17.3. The minimum atomic E-state index is -0.808. The van der Waals surface area contributed by atoms with E-state index < -0.39 is 30.4 Å². The van der Waals surface area contributed by atoms with Gasteiger partial charge < -0.3 is 19.5 Å². The Morgan fingerprint density at radius 3 is 2.34 bits per heavy atom. The Hall–Kier alpha value is -4.64. The Morgan fingerprint density at radius 2 is 1.66 bits per heavy atom. The number of carbonyl (C=O) groups is 3. The Bertz CT molecular complexity index is 1440. The molecule has 0 radical (unpaired) electrons. The first-order valence-electron chi connectivity index (χ1n) is 12.1. The SMILES string of the molecule is CCC(=O)Nc1ncnc2c1ncn2C1OC(COC(=O)c2ccccc2)CC1OC(=O)c1ccccc1. The van der Waals surface area contributed by atoms with Gasteiger partial charge in [-0.3, -0.25) is 9.36 Å². The molecule has 3 heterocycles. The number of nitrogens with zero attached hydrogens (tertiary/aromatic N) is 4.